The van der Waals surface area contributed by atoms with Gasteiger partial charge >= 0.3 is 5.97 Å². The average Bonchev–Trinajstić information content (AvgIpc) is 2.97. The Kier molecular flexibility index (Phi) is 4.13. The van der Waals surface area contributed by atoms with Crippen molar-refractivity contribution >= 4 is 11.9 Å². The molecule has 3 atom stereocenters. The Bertz CT molecular complexity index is 364. The number of aliphatic carboxylic acids is 1. The van der Waals surface area contributed by atoms with Crippen LogP contribution in [0.3, 0.4) is 0 Å². The highest BCUT2D eigenvalue weighted by Gasteiger charge is 2.43. The summed E-state index contributed by atoms with van der Waals surface area (Å²) in [5, 5.41) is 12.3. The number of hydrogen-bond donors (Lipinski definition) is 2. The van der Waals surface area contributed by atoms with E-state index in [0.717, 1.165) is 19.3 Å². The van der Waals surface area contributed by atoms with Crippen molar-refractivity contribution in [2.24, 2.45) is 5.41 Å². The van der Waals surface area contributed by atoms with Crippen molar-refractivity contribution in [3.63, 3.8) is 0 Å². The van der Waals surface area contributed by atoms with Gasteiger partial charge in [-0.25, -0.2) is 0 Å². The molecule has 19 heavy (non-hydrogen) atoms. The van der Waals surface area contributed by atoms with Gasteiger partial charge in [-0.1, -0.05) is 13.8 Å². The Morgan fingerprint density at radius 3 is 2.42 bits per heavy atom. The fourth-order valence-corrected chi connectivity index (χ4v) is 3.23. The van der Waals surface area contributed by atoms with Crippen LogP contribution in [0.15, 0.2) is 0 Å². The van der Waals surface area contributed by atoms with Crippen LogP contribution in [0, 0.1) is 5.41 Å². The van der Waals surface area contributed by atoms with Gasteiger partial charge in [0.2, 0.25) is 5.91 Å². The van der Waals surface area contributed by atoms with Crippen molar-refractivity contribution < 1.29 is 19.4 Å². The molecule has 0 aromatic carbocycles. The number of carbonyl (C=O) groups excluding carboxylic acids is 1. The van der Waals surface area contributed by atoms with E-state index in [0.29, 0.717) is 12.8 Å². The van der Waals surface area contributed by atoms with Gasteiger partial charge in [-0.05, 0) is 32.1 Å². The fraction of sp³-hybridized carbons (Fsp3) is 0.857. The van der Waals surface area contributed by atoms with Crippen molar-refractivity contribution in [1.29, 1.82) is 0 Å². The third kappa shape index (κ3) is 2.76. The molecule has 0 aromatic rings. The first kappa shape index (κ1) is 14.3. The number of nitrogens with one attached hydrogen (secondary N) is 1. The number of amides is 1. The smallest absolute Gasteiger partial charge is 0.310 e. The summed E-state index contributed by atoms with van der Waals surface area (Å²) in [7, 11) is 0. The Morgan fingerprint density at radius 2 is 2.00 bits per heavy atom. The number of carboxylic acid groups (broad SMARTS) is 1. The van der Waals surface area contributed by atoms with E-state index in [9.17, 15) is 14.7 Å². The lowest BCUT2D eigenvalue weighted by Gasteiger charge is -2.27. The van der Waals surface area contributed by atoms with Gasteiger partial charge in [0.05, 0.1) is 23.7 Å². The standard InChI is InChI=1S/C14H23NO4/c1-3-14(4-2,13(17)18)8-12(16)15-10-7-9-5-6-11(10)19-9/h9-11H,3-8H2,1-2H3,(H,15,16)(H,17,18). The maximum atomic E-state index is 12.1. The zero-order valence-electron chi connectivity index (χ0n) is 11.6. The van der Waals surface area contributed by atoms with Crippen LogP contribution in [0.1, 0.15) is 52.4 Å². The summed E-state index contributed by atoms with van der Waals surface area (Å²) in [6.07, 6.45) is 4.38. The number of carbonyl (C=O) groups is 2. The molecule has 0 spiro atoms. The molecular formula is C14H23NO4. The minimum atomic E-state index is -0.928. The quantitative estimate of drug-likeness (QED) is 0.769. The molecule has 2 saturated heterocycles. The molecule has 3 unspecified atom stereocenters. The third-order valence-corrected chi connectivity index (χ3v) is 4.76. The lowest BCUT2D eigenvalue weighted by atomic mass is 9.79. The summed E-state index contributed by atoms with van der Waals surface area (Å²) in [5.41, 5.74) is -0.928. The molecule has 5 heteroatoms. The zero-order valence-corrected chi connectivity index (χ0v) is 11.6. The monoisotopic (exact) mass is 269 g/mol. The normalized spacial score (nSPS) is 29.5. The van der Waals surface area contributed by atoms with E-state index < -0.39 is 11.4 Å². The molecule has 0 aromatic heterocycles. The van der Waals surface area contributed by atoms with E-state index in [1.54, 1.807) is 0 Å². The van der Waals surface area contributed by atoms with Crippen molar-refractivity contribution in [3.05, 3.63) is 0 Å². The Balaban J connectivity index is 1.91. The van der Waals surface area contributed by atoms with Gasteiger partial charge in [0.25, 0.3) is 0 Å². The first-order valence-electron chi connectivity index (χ1n) is 7.19. The number of ether oxygens (including phenoxy) is 1. The molecule has 2 aliphatic heterocycles. The number of rotatable bonds is 6. The van der Waals surface area contributed by atoms with Crippen molar-refractivity contribution in [2.75, 3.05) is 0 Å². The van der Waals surface area contributed by atoms with Crippen LogP contribution in [0.4, 0.5) is 0 Å². The van der Waals surface area contributed by atoms with Crippen LogP contribution >= 0.6 is 0 Å². The van der Waals surface area contributed by atoms with E-state index in [4.69, 9.17) is 4.74 Å². The average molecular weight is 269 g/mol. The Labute approximate surface area is 113 Å². The molecular weight excluding hydrogens is 246 g/mol. The first-order chi connectivity index (χ1) is 9.00. The van der Waals surface area contributed by atoms with Crippen LogP contribution in [0.2, 0.25) is 0 Å². The second kappa shape index (κ2) is 5.49. The number of carboxylic acids is 1. The lowest BCUT2D eigenvalue weighted by molar-refractivity contribution is -0.152. The van der Waals surface area contributed by atoms with Gasteiger partial charge < -0.3 is 15.2 Å². The van der Waals surface area contributed by atoms with Gasteiger partial charge in [-0.3, -0.25) is 9.59 Å². The van der Waals surface area contributed by atoms with Gasteiger partial charge in [-0.2, -0.15) is 0 Å². The van der Waals surface area contributed by atoms with Gasteiger partial charge in [0.1, 0.15) is 0 Å². The summed E-state index contributed by atoms with van der Waals surface area (Å²) in [6, 6.07) is 0.0754. The lowest BCUT2D eigenvalue weighted by Crippen LogP contribution is -2.44. The highest BCUT2D eigenvalue weighted by Crippen LogP contribution is 2.35. The molecule has 108 valence electrons. The maximum Gasteiger partial charge on any atom is 0.310 e. The highest BCUT2D eigenvalue weighted by molar-refractivity contribution is 5.85. The minimum absolute atomic E-state index is 0.0587. The van der Waals surface area contributed by atoms with Crippen molar-refractivity contribution in [2.45, 2.75) is 70.6 Å². The van der Waals surface area contributed by atoms with Crippen LogP contribution in [0.5, 0.6) is 0 Å². The van der Waals surface area contributed by atoms with E-state index in [1.165, 1.54) is 0 Å². The zero-order chi connectivity index (χ0) is 14.0. The number of hydrogen-bond acceptors (Lipinski definition) is 3. The van der Waals surface area contributed by atoms with E-state index >= 15 is 0 Å². The Hall–Kier alpha value is -1.10. The number of fused-ring (bicyclic) bond motifs is 2. The van der Waals surface area contributed by atoms with E-state index in [2.05, 4.69) is 5.32 Å². The summed E-state index contributed by atoms with van der Waals surface area (Å²) in [6.45, 7) is 3.65. The van der Waals surface area contributed by atoms with Crippen LogP contribution in [0.25, 0.3) is 0 Å². The molecule has 2 rings (SSSR count). The van der Waals surface area contributed by atoms with Gasteiger partial charge in [-0.15, -0.1) is 0 Å². The summed E-state index contributed by atoms with van der Waals surface area (Å²) in [4.78, 5) is 23.5. The SMILES string of the molecule is CCC(CC)(CC(=O)NC1CC2CCC1O2)C(=O)O. The van der Waals surface area contributed by atoms with E-state index in [1.807, 2.05) is 13.8 Å². The van der Waals surface area contributed by atoms with Crippen LogP contribution in [-0.4, -0.2) is 35.2 Å². The molecule has 2 bridgehead atoms. The second-order valence-electron chi connectivity index (χ2n) is 5.75. The summed E-state index contributed by atoms with van der Waals surface area (Å²) >= 11 is 0. The van der Waals surface area contributed by atoms with Crippen molar-refractivity contribution in [3.8, 4) is 0 Å². The molecule has 5 nitrogen and oxygen atoms in total. The molecule has 2 aliphatic rings. The first-order valence-corrected chi connectivity index (χ1v) is 7.19. The molecule has 2 N–H and O–H groups in total. The highest BCUT2D eigenvalue weighted by atomic mass is 16.5. The third-order valence-electron chi connectivity index (χ3n) is 4.76. The largest absolute Gasteiger partial charge is 0.481 e. The fourth-order valence-electron chi connectivity index (χ4n) is 3.23. The van der Waals surface area contributed by atoms with Gasteiger partial charge in [0, 0.05) is 6.42 Å². The molecule has 1 amide bonds. The molecule has 2 heterocycles. The molecule has 2 fully saturated rings. The Morgan fingerprint density at radius 1 is 1.32 bits per heavy atom. The summed E-state index contributed by atoms with van der Waals surface area (Å²) in [5.74, 6) is -1.04. The second-order valence-corrected chi connectivity index (χ2v) is 5.75. The molecule has 0 aliphatic carbocycles. The predicted molar refractivity (Wildman–Crippen MR) is 69.7 cm³/mol. The molecule has 0 saturated carbocycles. The minimum Gasteiger partial charge on any atom is -0.481 e. The van der Waals surface area contributed by atoms with E-state index in [-0.39, 0.29) is 30.6 Å². The van der Waals surface area contributed by atoms with Crippen LogP contribution in [-0.2, 0) is 14.3 Å². The van der Waals surface area contributed by atoms with Crippen molar-refractivity contribution in [1.82, 2.24) is 5.32 Å². The summed E-state index contributed by atoms with van der Waals surface area (Å²) < 4.78 is 5.68. The van der Waals surface area contributed by atoms with Crippen LogP contribution < -0.4 is 5.32 Å². The maximum absolute atomic E-state index is 12.1. The topological polar surface area (TPSA) is 75.6 Å². The van der Waals surface area contributed by atoms with Gasteiger partial charge in [0.15, 0.2) is 0 Å². The predicted octanol–water partition coefficient (Wildman–Crippen LogP) is 1.70. The molecule has 0 radical (unpaired) electrons.